The number of aryl methyl sites for hydroxylation is 1. The van der Waals surface area contributed by atoms with E-state index in [-0.39, 0.29) is 10.8 Å². The Morgan fingerprint density at radius 3 is 2.70 bits per heavy atom. The number of rotatable bonds is 3. The third-order valence-corrected chi connectivity index (χ3v) is 6.47. The first-order chi connectivity index (χ1) is 13.0. The van der Waals surface area contributed by atoms with Crippen molar-refractivity contribution >= 4 is 21.1 Å². The highest BCUT2D eigenvalue weighted by Crippen LogP contribution is 2.32. The average Bonchev–Trinajstić information content (AvgIpc) is 3.08. The number of pyridine rings is 1. The standard InChI is InChI=1S/C20H18N4O2S/c1-14-2-4-18(5-3-14)27(25,26)24-19(16-6-8-22-9-7-16)11-17-10-15(12-21)13-23-20(17)24/h2-6,8,10-11,13,16,22H,7,9H2,1H3. The summed E-state index contributed by atoms with van der Waals surface area (Å²) in [5, 5.41) is 12.9. The Morgan fingerprint density at radius 2 is 2.04 bits per heavy atom. The van der Waals surface area contributed by atoms with E-state index in [0.29, 0.717) is 22.3 Å². The number of hydrogen-bond acceptors (Lipinski definition) is 5. The molecule has 3 heterocycles. The summed E-state index contributed by atoms with van der Waals surface area (Å²) < 4.78 is 28.2. The van der Waals surface area contributed by atoms with Crippen LogP contribution in [0.4, 0.5) is 0 Å². The number of nitriles is 1. The van der Waals surface area contributed by atoms with Crippen molar-refractivity contribution in [3.8, 4) is 6.07 Å². The Bertz CT molecular complexity index is 1190. The number of allylic oxidation sites excluding steroid dienone is 1. The minimum absolute atomic E-state index is 0.0498. The Morgan fingerprint density at radius 1 is 1.26 bits per heavy atom. The van der Waals surface area contributed by atoms with Crippen LogP contribution in [0.1, 0.15) is 29.2 Å². The molecule has 7 heteroatoms. The van der Waals surface area contributed by atoms with E-state index in [9.17, 15) is 8.42 Å². The van der Waals surface area contributed by atoms with Crippen molar-refractivity contribution in [1.82, 2.24) is 14.3 Å². The second-order valence-electron chi connectivity index (χ2n) is 6.61. The monoisotopic (exact) mass is 378 g/mol. The molecule has 27 heavy (non-hydrogen) atoms. The first-order valence-corrected chi connectivity index (χ1v) is 10.1. The molecule has 0 saturated carbocycles. The smallest absolute Gasteiger partial charge is 0.269 e. The average molecular weight is 378 g/mol. The van der Waals surface area contributed by atoms with Gasteiger partial charge in [-0.1, -0.05) is 23.8 Å². The fraction of sp³-hybridized carbons (Fsp3) is 0.200. The van der Waals surface area contributed by atoms with Gasteiger partial charge in [-0.2, -0.15) is 5.26 Å². The lowest BCUT2D eigenvalue weighted by molar-refractivity contribution is 0.580. The summed E-state index contributed by atoms with van der Waals surface area (Å²) in [6.45, 7) is 2.68. The van der Waals surface area contributed by atoms with Crippen LogP contribution in [-0.2, 0) is 10.0 Å². The van der Waals surface area contributed by atoms with Gasteiger partial charge >= 0.3 is 0 Å². The highest BCUT2D eigenvalue weighted by atomic mass is 32.2. The van der Waals surface area contributed by atoms with Crippen molar-refractivity contribution in [1.29, 1.82) is 5.26 Å². The predicted molar refractivity (Wildman–Crippen MR) is 103 cm³/mol. The normalized spacial score (nSPS) is 16.8. The molecular weight excluding hydrogens is 360 g/mol. The number of benzene rings is 1. The van der Waals surface area contributed by atoms with Crippen molar-refractivity contribution in [2.45, 2.75) is 24.2 Å². The van der Waals surface area contributed by atoms with Crippen LogP contribution >= 0.6 is 0 Å². The molecule has 1 N–H and O–H groups in total. The molecule has 1 aromatic carbocycles. The number of fused-ring (bicyclic) bond motifs is 1. The van der Waals surface area contributed by atoms with Gasteiger partial charge in [-0.25, -0.2) is 17.4 Å². The van der Waals surface area contributed by atoms with E-state index in [1.807, 2.05) is 25.3 Å². The molecule has 1 aliphatic rings. The Hall–Kier alpha value is -3.11. The van der Waals surface area contributed by atoms with E-state index in [1.54, 1.807) is 30.3 Å². The lowest BCUT2D eigenvalue weighted by Crippen LogP contribution is -2.22. The number of nitrogens with zero attached hydrogens (tertiary/aromatic N) is 3. The summed E-state index contributed by atoms with van der Waals surface area (Å²) in [6, 6.07) is 12.4. The zero-order valence-corrected chi connectivity index (χ0v) is 15.6. The molecule has 0 bridgehead atoms. The van der Waals surface area contributed by atoms with Crippen LogP contribution in [0.2, 0.25) is 0 Å². The van der Waals surface area contributed by atoms with Crippen LogP contribution in [0.25, 0.3) is 11.0 Å². The number of aromatic nitrogens is 2. The summed E-state index contributed by atoms with van der Waals surface area (Å²) in [5.41, 5.74) is 2.40. The van der Waals surface area contributed by atoms with E-state index in [0.717, 1.165) is 18.5 Å². The summed E-state index contributed by atoms with van der Waals surface area (Å²) in [4.78, 5) is 4.52. The van der Waals surface area contributed by atoms with Crippen molar-refractivity contribution in [3.05, 3.63) is 71.7 Å². The largest absolute Gasteiger partial charge is 0.391 e. The van der Waals surface area contributed by atoms with Gasteiger partial charge in [0.2, 0.25) is 0 Å². The van der Waals surface area contributed by atoms with E-state index >= 15 is 0 Å². The maximum absolute atomic E-state index is 13.5. The highest BCUT2D eigenvalue weighted by Gasteiger charge is 2.27. The minimum atomic E-state index is -3.82. The van der Waals surface area contributed by atoms with Gasteiger partial charge in [0.1, 0.15) is 6.07 Å². The van der Waals surface area contributed by atoms with Crippen molar-refractivity contribution in [3.63, 3.8) is 0 Å². The molecule has 0 amide bonds. The molecule has 1 unspecified atom stereocenters. The molecule has 1 aliphatic heterocycles. The maximum Gasteiger partial charge on any atom is 0.269 e. The van der Waals surface area contributed by atoms with Crippen molar-refractivity contribution in [2.75, 3.05) is 6.54 Å². The van der Waals surface area contributed by atoms with E-state index in [4.69, 9.17) is 5.26 Å². The van der Waals surface area contributed by atoms with E-state index in [2.05, 4.69) is 16.4 Å². The SMILES string of the molecule is Cc1ccc(S(=O)(=O)n2c(C3C=CNCC3)cc3cc(C#N)cnc32)cc1. The summed E-state index contributed by atoms with van der Waals surface area (Å²) in [7, 11) is -3.82. The lowest BCUT2D eigenvalue weighted by atomic mass is 9.99. The van der Waals surface area contributed by atoms with Gasteiger partial charge in [0, 0.05) is 29.7 Å². The summed E-state index contributed by atoms with van der Waals surface area (Å²) in [6.07, 6.45) is 6.00. The van der Waals surface area contributed by atoms with Gasteiger partial charge in [0.25, 0.3) is 10.0 Å². The van der Waals surface area contributed by atoms with Gasteiger partial charge in [-0.3, -0.25) is 0 Å². The van der Waals surface area contributed by atoms with Crippen molar-refractivity contribution in [2.24, 2.45) is 0 Å². The molecule has 3 aromatic rings. The molecule has 0 radical (unpaired) electrons. The molecule has 0 spiro atoms. The van der Waals surface area contributed by atoms with Gasteiger partial charge in [-0.05, 0) is 43.8 Å². The Balaban J connectivity index is 1.99. The Labute approximate surface area is 157 Å². The maximum atomic E-state index is 13.5. The van der Waals surface area contributed by atoms with Crippen LogP contribution in [0.5, 0.6) is 0 Å². The first-order valence-electron chi connectivity index (χ1n) is 8.64. The second-order valence-corrected chi connectivity index (χ2v) is 8.40. The topological polar surface area (TPSA) is 87.8 Å². The van der Waals surface area contributed by atoms with Crippen LogP contribution in [0.15, 0.2) is 59.8 Å². The molecule has 2 aromatic heterocycles. The zero-order valence-electron chi connectivity index (χ0n) is 14.8. The molecule has 0 fully saturated rings. The zero-order chi connectivity index (χ0) is 19.0. The minimum Gasteiger partial charge on any atom is -0.391 e. The quantitative estimate of drug-likeness (QED) is 0.757. The molecule has 136 valence electrons. The third-order valence-electron chi connectivity index (χ3n) is 4.74. The van der Waals surface area contributed by atoms with Gasteiger partial charge in [0.05, 0.1) is 10.5 Å². The first kappa shape index (κ1) is 17.3. The van der Waals surface area contributed by atoms with Gasteiger partial charge in [-0.15, -0.1) is 0 Å². The van der Waals surface area contributed by atoms with Crippen LogP contribution < -0.4 is 5.32 Å². The molecular formula is C20H18N4O2S. The van der Waals surface area contributed by atoms with Crippen molar-refractivity contribution < 1.29 is 8.42 Å². The van der Waals surface area contributed by atoms with Crippen LogP contribution in [-0.4, -0.2) is 23.9 Å². The summed E-state index contributed by atoms with van der Waals surface area (Å²) in [5.74, 6) is -0.0498. The number of nitrogens with one attached hydrogen (secondary N) is 1. The second kappa shape index (κ2) is 6.56. The third kappa shape index (κ3) is 2.98. The summed E-state index contributed by atoms with van der Waals surface area (Å²) >= 11 is 0. The lowest BCUT2D eigenvalue weighted by Gasteiger charge is -2.20. The molecule has 0 saturated heterocycles. The highest BCUT2D eigenvalue weighted by molar-refractivity contribution is 7.90. The van der Waals surface area contributed by atoms with Gasteiger partial charge < -0.3 is 5.32 Å². The molecule has 1 atom stereocenters. The molecule has 6 nitrogen and oxygen atoms in total. The Kier molecular flexibility index (Phi) is 4.21. The fourth-order valence-corrected chi connectivity index (χ4v) is 4.86. The molecule has 0 aliphatic carbocycles. The predicted octanol–water partition coefficient (Wildman–Crippen LogP) is 3.04. The van der Waals surface area contributed by atoms with E-state index < -0.39 is 10.0 Å². The molecule has 4 rings (SSSR count). The van der Waals surface area contributed by atoms with Gasteiger partial charge in [0.15, 0.2) is 5.65 Å². The fourth-order valence-electron chi connectivity index (χ4n) is 3.33. The van der Waals surface area contributed by atoms with Crippen LogP contribution in [0, 0.1) is 18.3 Å². The van der Waals surface area contributed by atoms with Crippen LogP contribution in [0.3, 0.4) is 0 Å². The number of hydrogen-bond donors (Lipinski definition) is 1. The van der Waals surface area contributed by atoms with E-state index in [1.165, 1.54) is 10.2 Å².